The standard InChI is InChI=1S/C8H16N6O4S2/c1-12-6-11-7(9)8(12)19(15,16)13-2-4-14(5-3-13)20(10,17)18/h6H,2-5,9H2,1H3,(H2,10,17,18). The molecule has 0 aromatic carbocycles. The van der Waals surface area contributed by atoms with E-state index in [9.17, 15) is 16.8 Å². The molecule has 0 atom stereocenters. The minimum Gasteiger partial charge on any atom is -0.381 e. The number of rotatable bonds is 3. The monoisotopic (exact) mass is 324 g/mol. The third-order valence-electron chi connectivity index (χ3n) is 3.05. The van der Waals surface area contributed by atoms with Crippen molar-refractivity contribution in [1.82, 2.24) is 18.2 Å². The molecule has 1 aromatic rings. The maximum Gasteiger partial charge on any atom is 0.276 e. The second-order valence-electron chi connectivity index (χ2n) is 4.39. The first-order valence-corrected chi connectivity index (χ1v) is 8.63. The number of aryl methyl sites for hydroxylation is 1. The number of sulfonamides is 1. The number of aromatic nitrogens is 2. The molecule has 2 heterocycles. The molecule has 0 saturated carbocycles. The Bertz CT molecular complexity index is 682. The molecule has 20 heavy (non-hydrogen) atoms. The van der Waals surface area contributed by atoms with Gasteiger partial charge in [-0.15, -0.1) is 0 Å². The van der Waals surface area contributed by atoms with Gasteiger partial charge in [-0.05, 0) is 0 Å². The van der Waals surface area contributed by atoms with Crippen LogP contribution in [0.25, 0.3) is 0 Å². The molecular weight excluding hydrogens is 308 g/mol. The Hall–Kier alpha value is -1.21. The van der Waals surface area contributed by atoms with Gasteiger partial charge in [0.25, 0.3) is 20.2 Å². The lowest BCUT2D eigenvalue weighted by Gasteiger charge is -2.32. The lowest BCUT2D eigenvalue weighted by molar-refractivity contribution is 0.272. The average molecular weight is 324 g/mol. The van der Waals surface area contributed by atoms with Crippen LogP contribution in [0.5, 0.6) is 0 Å². The first kappa shape index (κ1) is 15.2. The number of nitrogen functional groups attached to an aromatic ring is 1. The molecule has 2 rings (SSSR count). The molecule has 4 N–H and O–H groups in total. The van der Waals surface area contributed by atoms with Crippen molar-refractivity contribution in [3.8, 4) is 0 Å². The fraction of sp³-hybridized carbons (Fsp3) is 0.625. The second-order valence-corrected chi connectivity index (χ2v) is 7.79. The molecule has 1 saturated heterocycles. The highest BCUT2D eigenvalue weighted by atomic mass is 32.2. The van der Waals surface area contributed by atoms with Gasteiger partial charge in [-0.2, -0.15) is 17.0 Å². The molecular formula is C8H16N6O4S2. The van der Waals surface area contributed by atoms with Crippen LogP contribution in [-0.2, 0) is 27.3 Å². The number of anilines is 1. The van der Waals surface area contributed by atoms with Crippen molar-refractivity contribution in [1.29, 1.82) is 0 Å². The highest BCUT2D eigenvalue weighted by Crippen LogP contribution is 2.22. The molecule has 1 aromatic heterocycles. The van der Waals surface area contributed by atoms with Crippen LogP contribution in [0.1, 0.15) is 0 Å². The topological polar surface area (TPSA) is 145 Å². The third kappa shape index (κ3) is 2.64. The molecule has 1 aliphatic rings. The molecule has 114 valence electrons. The molecule has 0 radical (unpaired) electrons. The van der Waals surface area contributed by atoms with Gasteiger partial charge in [-0.1, -0.05) is 0 Å². The van der Waals surface area contributed by atoms with E-state index in [2.05, 4.69) is 4.98 Å². The van der Waals surface area contributed by atoms with Crippen LogP contribution in [0, 0.1) is 0 Å². The zero-order valence-corrected chi connectivity index (χ0v) is 12.4. The van der Waals surface area contributed by atoms with E-state index in [0.29, 0.717) is 0 Å². The largest absolute Gasteiger partial charge is 0.381 e. The van der Waals surface area contributed by atoms with Gasteiger partial charge < -0.3 is 10.3 Å². The summed E-state index contributed by atoms with van der Waals surface area (Å²) in [4.78, 5) is 3.74. The summed E-state index contributed by atoms with van der Waals surface area (Å²) < 4.78 is 50.7. The molecule has 1 fully saturated rings. The smallest absolute Gasteiger partial charge is 0.276 e. The number of hydrogen-bond acceptors (Lipinski definition) is 6. The van der Waals surface area contributed by atoms with Gasteiger partial charge in [0.2, 0.25) is 0 Å². The second kappa shape index (κ2) is 4.96. The van der Waals surface area contributed by atoms with Gasteiger partial charge in [-0.25, -0.2) is 18.5 Å². The Morgan fingerprint density at radius 1 is 1.10 bits per heavy atom. The van der Waals surface area contributed by atoms with Crippen molar-refractivity contribution in [3.05, 3.63) is 6.33 Å². The summed E-state index contributed by atoms with van der Waals surface area (Å²) in [6.45, 7) is 0.0540. The Balaban J connectivity index is 2.22. The normalized spacial score (nSPS) is 19.3. The van der Waals surface area contributed by atoms with Gasteiger partial charge >= 0.3 is 0 Å². The van der Waals surface area contributed by atoms with Gasteiger partial charge in [0.1, 0.15) is 0 Å². The highest BCUT2D eigenvalue weighted by molar-refractivity contribution is 7.89. The maximum absolute atomic E-state index is 12.4. The Kier molecular flexibility index (Phi) is 3.77. The lowest BCUT2D eigenvalue weighted by Crippen LogP contribution is -2.52. The molecule has 0 spiro atoms. The quantitative estimate of drug-likeness (QED) is 0.629. The fourth-order valence-corrected chi connectivity index (χ4v) is 4.33. The molecule has 0 aliphatic carbocycles. The minimum absolute atomic E-state index is 0.00974. The van der Waals surface area contributed by atoms with Crippen molar-refractivity contribution in [2.75, 3.05) is 31.9 Å². The summed E-state index contributed by atoms with van der Waals surface area (Å²) in [5.41, 5.74) is 5.57. The summed E-state index contributed by atoms with van der Waals surface area (Å²) in [6, 6.07) is 0. The summed E-state index contributed by atoms with van der Waals surface area (Å²) in [7, 11) is -6.07. The minimum atomic E-state index is -3.80. The van der Waals surface area contributed by atoms with E-state index in [1.54, 1.807) is 0 Å². The number of imidazole rings is 1. The van der Waals surface area contributed by atoms with E-state index in [1.165, 1.54) is 22.2 Å². The SMILES string of the molecule is Cn1cnc(N)c1S(=O)(=O)N1CCN(S(N)(=O)=O)CC1. The zero-order chi connectivity index (χ0) is 15.1. The summed E-state index contributed by atoms with van der Waals surface area (Å²) >= 11 is 0. The highest BCUT2D eigenvalue weighted by Gasteiger charge is 2.34. The molecule has 0 bridgehead atoms. The van der Waals surface area contributed by atoms with Crippen LogP contribution in [-0.4, -0.2) is 61.2 Å². The average Bonchev–Trinajstić information content (AvgIpc) is 2.68. The number of nitrogens with zero attached hydrogens (tertiary/aromatic N) is 4. The van der Waals surface area contributed by atoms with E-state index in [1.807, 2.05) is 0 Å². The maximum atomic E-state index is 12.4. The van der Waals surface area contributed by atoms with E-state index in [0.717, 1.165) is 4.31 Å². The molecule has 0 unspecified atom stereocenters. The van der Waals surface area contributed by atoms with Crippen LogP contribution in [0.4, 0.5) is 5.82 Å². The predicted molar refractivity (Wildman–Crippen MR) is 71.1 cm³/mol. The third-order valence-corrected chi connectivity index (χ3v) is 6.17. The van der Waals surface area contributed by atoms with Crippen LogP contribution < -0.4 is 10.9 Å². The first-order valence-electron chi connectivity index (χ1n) is 5.69. The Labute approximate surface area is 117 Å². The van der Waals surface area contributed by atoms with E-state index < -0.39 is 20.2 Å². The molecule has 10 nitrogen and oxygen atoms in total. The number of hydrogen-bond donors (Lipinski definition) is 2. The van der Waals surface area contributed by atoms with Crippen molar-refractivity contribution < 1.29 is 16.8 Å². The Morgan fingerprint density at radius 2 is 1.60 bits per heavy atom. The van der Waals surface area contributed by atoms with Crippen molar-refractivity contribution in [3.63, 3.8) is 0 Å². The predicted octanol–water partition coefficient (Wildman–Crippen LogP) is -2.49. The van der Waals surface area contributed by atoms with Crippen LogP contribution in [0.15, 0.2) is 11.4 Å². The van der Waals surface area contributed by atoms with Crippen LogP contribution in [0.3, 0.4) is 0 Å². The van der Waals surface area contributed by atoms with Gasteiger partial charge in [0.05, 0.1) is 6.33 Å². The van der Waals surface area contributed by atoms with E-state index >= 15 is 0 Å². The van der Waals surface area contributed by atoms with Gasteiger partial charge in [-0.3, -0.25) is 0 Å². The van der Waals surface area contributed by atoms with Crippen molar-refractivity contribution >= 4 is 26.1 Å². The molecule has 12 heteroatoms. The van der Waals surface area contributed by atoms with Gasteiger partial charge in [0.15, 0.2) is 10.8 Å². The van der Waals surface area contributed by atoms with Crippen molar-refractivity contribution in [2.24, 2.45) is 12.2 Å². The van der Waals surface area contributed by atoms with Crippen LogP contribution >= 0.6 is 0 Å². The van der Waals surface area contributed by atoms with Crippen molar-refractivity contribution in [2.45, 2.75) is 5.03 Å². The first-order chi connectivity index (χ1) is 9.14. The molecule has 0 amide bonds. The van der Waals surface area contributed by atoms with E-state index in [4.69, 9.17) is 10.9 Å². The molecule has 1 aliphatic heterocycles. The van der Waals surface area contributed by atoms with Crippen LogP contribution in [0.2, 0.25) is 0 Å². The number of piperazine rings is 1. The summed E-state index contributed by atoms with van der Waals surface area (Å²) in [5, 5.41) is 4.91. The lowest BCUT2D eigenvalue weighted by atomic mass is 10.4. The number of nitrogens with two attached hydrogens (primary N) is 2. The van der Waals surface area contributed by atoms with Gasteiger partial charge in [0, 0.05) is 33.2 Å². The summed E-state index contributed by atoms with van der Waals surface area (Å²) in [6.07, 6.45) is 1.31. The van der Waals surface area contributed by atoms with E-state index in [-0.39, 0.29) is 37.0 Å². The zero-order valence-electron chi connectivity index (χ0n) is 10.8. The summed E-state index contributed by atoms with van der Waals surface area (Å²) in [5.74, 6) is -0.0821. The fourth-order valence-electron chi connectivity index (χ4n) is 2.04. The Morgan fingerprint density at radius 3 is 2.00 bits per heavy atom.